The Labute approximate surface area is 113 Å². The molecule has 0 aromatic heterocycles. The van der Waals surface area contributed by atoms with Crippen LogP contribution in [0.3, 0.4) is 0 Å². The first kappa shape index (κ1) is 15.5. The summed E-state index contributed by atoms with van der Waals surface area (Å²) in [6.07, 6.45) is 0. The van der Waals surface area contributed by atoms with Crippen LogP contribution < -0.4 is 10.5 Å². The van der Waals surface area contributed by atoms with Crippen LogP contribution in [0.15, 0.2) is 29.2 Å². The molecule has 0 fully saturated rings. The van der Waals surface area contributed by atoms with Crippen LogP contribution in [0.2, 0.25) is 0 Å². The molecule has 0 aliphatic carbocycles. The maximum atomic E-state index is 11.7. The lowest BCUT2D eigenvalue weighted by molar-refractivity contribution is 0.207. The summed E-state index contributed by atoms with van der Waals surface area (Å²) in [5.41, 5.74) is 0.685. The number of hydrogen-bond donors (Lipinski definition) is 2. The van der Waals surface area contributed by atoms with Gasteiger partial charge in [0.1, 0.15) is 0 Å². The van der Waals surface area contributed by atoms with Crippen molar-refractivity contribution in [1.82, 2.24) is 10.2 Å². The van der Waals surface area contributed by atoms with E-state index in [9.17, 15) is 13.2 Å². The van der Waals surface area contributed by atoms with Crippen molar-refractivity contribution in [3.8, 4) is 0 Å². The number of carbonyl (C=O) groups is 1. The molecule has 1 rings (SSSR count). The molecule has 0 heterocycles. The fourth-order valence-corrected chi connectivity index (χ4v) is 2.05. The summed E-state index contributed by atoms with van der Waals surface area (Å²) in [7, 11) is -2.05. The van der Waals surface area contributed by atoms with Crippen LogP contribution in [0, 0.1) is 0 Å². The number of hydrogen-bond acceptors (Lipinski definition) is 3. The van der Waals surface area contributed by atoms with Gasteiger partial charge in [0, 0.05) is 13.6 Å². The maximum Gasteiger partial charge on any atom is 0.317 e. The molecule has 1 atom stereocenters. The Hall–Kier alpha value is -1.60. The van der Waals surface area contributed by atoms with Crippen molar-refractivity contribution in [3.63, 3.8) is 0 Å². The predicted molar refractivity (Wildman–Crippen MR) is 73.1 cm³/mol. The largest absolute Gasteiger partial charge is 0.331 e. The highest BCUT2D eigenvalue weighted by Crippen LogP contribution is 2.16. The molecule has 6 nitrogen and oxygen atoms in total. The zero-order valence-corrected chi connectivity index (χ0v) is 12.1. The van der Waals surface area contributed by atoms with Gasteiger partial charge in [-0.05, 0) is 31.5 Å². The monoisotopic (exact) mass is 285 g/mol. The Balaban J connectivity index is 2.89. The molecule has 1 unspecified atom stereocenters. The number of primary sulfonamides is 1. The standard InChI is InChI=1S/C12H19N3O3S/c1-4-15(3)12(16)14-9(2)10-6-5-7-11(8-10)19(13,17)18/h5-9H,4H2,1-3H3,(H,14,16)(H2,13,17,18). The van der Waals surface area contributed by atoms with Crippen LogP contribution >= 0.6 is 0 Å². The van der Waals surface area contributed by atoms with Gasteiger partial charge in [-0.1, -0.05) is 12.1 Å². The van der Waals surface area contributed by atoms with Crippen LogP contribution in [0.5, 0.6) is 0 Å². The number of nitrogens with one attached hydrogen (secondary N) is 1. The van der Waals surface area contributed by atoms with E-state index in [4.69, 9.17) is 5.14 Å². The Morgan fingerprint density at radius 3 is 2.63 bits per heavy atom. The second-order valence-corrected chi connectivity index (χ2v) is 5.86. The molecule has 7 heteroatoms. The van der Waals surface area contributed by atoms with Crippen LogP contribution in [-0.4, -0.2) is 32.9 Å². The first-order chi connectivity index (χ1) is 8.75. The number of sulfonamides is 1. The molecule has 19 heavy (non-hydrogen) atoms. The number of urea groups is 1. The van der Waals surface area contributed by atoms with Crippen LogP contribution in [-0.2, 0) is 10.0 Å². The third-order valence-electron chi connectivity index (χ3n) is 2.85. The highest BCUT2D eigenvalue weighted by molar-refractivity contribution is 7.89. The van der Waals surface area contributed by atoms with Gasteiger partial charge in [0.2, 0.25) is 10.0 Å². The smallest absolute Gasteiger partial charge is 0.317 e. The van der Waals surface area contributed by atoms with Gasteiger partial charge in [-0.15, -0.1) is 0 Å². The van der Waals surface area contributed by atoms with E-state index in [1.54, 1.807) is 26.1 Å². The summed E-state index contributed by atoms with van der Waals surface area (Å²) in [6, 6.07) is 5.71. The van der Waals surface area contributed by atoms with Crippen molar-refractivity contribution in [2.24, 2.45) is 5.14 Å². The molecule has 3 N–H and O–H groups in total. The molecular weight excluding hydrogens is 266 g/mol. The van der Waals surface area contributed by atoms with Gasteiger partial charge in [0.05, 0.1) is 10.9 Å². The summed E-state index contributed by atoms with van der Waals surface area (Å²) in [5.74, 6) is 0. The van der Waals surface area contributed by atoms with E-state index in [0.29, 0.717) is 12.1 Å². The van der Waals surface area contributed by atoms with Crippen LogP contribution in [0.1, 0.15) is 25.5 Å². The summed E-state index contributed by atoms with van der Waals surface area (Å²) in [4.78, 5) is 13.3. The second kappa shape index (κ2) is 6.03. The van der Waals surface area contributed by atoms with E-state index >= 15 is 0 Å². The molecular formula is C12H19N3O3S. The fourth-order valence-electron chi connectivity index (χ4n) is 1.48. The predicted octanol–water partition coefficient (Wildman–Crippen LogP) is 1.06. The fraction of sp³-hybridized carbons (Fsp3) is 0.417. The van der Waals surface area contributed by atoms with Gasteiger partial charge >= 0.3 is 6.03 Å². The highest BCUT2D eigenvalue weighted by Gasteiger charge is 2.14. The van der Waals surface area contributed by atoms with Crippen molar-refractivity contribution >= 4 is 16.1 Å². The van der Waals surface area contributed by atoms with Crippen LogP contribution in [0.25, 0.3) is 0 Å². The van der Waals surface area contributed by atoms with E-state index in [1.165, 1.54) is 17.0 Å². The van der Waals surface area contributed by atoms with Gasteiger partial charge in [-0.25, -0.2) is 18.4 Å². The Morgan fingerprint density at radius 1 is 1.47 bits per heavy atom. The van der Waals surface area contributed by atoms with Crippen molar-refractivity contribution in [3.05, 3.63) is 29.8 Å². The number of rotatable bonds is 4. The lowest BCUT2D eigenvalue weighted by Crippen LogP contribution is -2.38. The lowest BCUT2D eigenvalue weighted by Gasteiger charge is -2.20. The minimum Gasteiger partial charge on any atom is -0.331 e. The average Bonchev–Trinajstić information content (AvgIpc) is 2.36. The van der Waals surface area contributed by atoms with E-state index in [0.717, 1.165) is 0 Å². The van der Waals surface area contributed by atoms with Crippen molar-refractivity contribution in [2.75, 3.05) is 13.6 Å². The molecule has 0 radical (unpaired) electrons. The Morgan fingerprint density at radius 2 is 2.11 bits per heavy atom. The number of nitrogens with zero attached hydrogens (tertiary/aromatic N) is 1. The summed E-state index contributed by atoms with van der Waals surface area (Å²) < 4.78 is 22.5. The average molecular weight is 285 g/mol. The molecule has 1 aromatic rings. The molecule has 2 amide bonds. The van der Waals surface area contributed by atoms with Crippen molar-refractivity contribution < 1.29 is 13.2 Å². The first-order valence-corrected chi connectivity index (χ1v) is 7.44. The SMILES string of the molecule is CCN(C)C(=O)NC(C)c1cccc(S(N)(=O)=O)c1. The Kier molecular flexibility index (Phi) is 4.90. The molecule has 0 saturated heterocycles. The highest BCUT2D eigenvalue weighted by atomic mass is 32.2. The summed E-state index contributed by atoms with van der Waals surface area (Å²) >= 11 is 0. The van der Waals surface area contributed by atoms with E-state index in [-0.39, 0.29) is 17.0 Å². The van der Waals surface area contributed by atoms with Gasteiger partial charge in [-0.2, -0.15) is 0 Å². The summed E-state index contributed by atoms with van der Waals surface area (Å²) in [6.45, 7) is 4.24. The third-order valence-corrected chi connectivity index (χ3v) is 3.76. The quantitative estimate of drug-likeness (QED) is 0.866. The van der Waals surface area contributed by atoms with E-state index < -0.39 is 10.0 Å². The topological polar surface area (TPSA) is 92.5 Å². The molecule has 106 valence electrons. The zero-order valence-electron chi connectivity index (χ0n) is 11.3. The van der Waals surface area contributed by atoms with Crippen LogP contribution in [0.4, 0.5) is 4.79 Å². The molecule has 0 aliphatic rings. The lowest BCUT2D eigenvalue weighted by atomic mass is 10.1. The maximum absolute atomic E-state index is 11.7. The molecule has 0 bridgehead atoms. The summed E-state index contributed by atoms with van der Waals surface area (Å²) in [5, 5.41) is 7.85. The molecule has 0 spiro atoms. The third kappa shape index (κ3) is 4.22. The number of carbonyl (C=O) groups excluding carboxylic acids is 1. The minimum atomic E-state index is -3.73. The van der Waals surface area contributed by atoms with Crippen molar-refractivity contribution in [1.29, 1.82) is 0 Å². The molecule has 1 aromatic carbocycles. The number of benzene rings is 1. The minimum absolute atomic E-state index is 0.0370. The van der Waals surface area contributed by atoms with Gasteiger partial charge < -0.3 is 10.2 Å². The van der Waals surface area contributed by atoms with Gasteiger partial charge in [0.25, 0.3) is 0 Å². The van der Waals surface area contributed by atoms with Gasteiger partial charge in [-0.3, -0.25) is 0 Å². The Bertz CT molecular complexity index is 557. The van der Waals surface area contributed by atoms with Gasteiger partial charge in [0.15, 0.2) is 0 Å². The number of amides is 2. The number of nitrogens with two attached hydrogens (primary N) is 1. The molecule has 0 saturated carbocycles. The van der Waals surface area contributed by atoms with E-state index in [2.05, 4.69) is 5.32 Å². The first-order valence-electron chi connectivity index (χ1n) is 5.90. The van der Waals surface area contributed by atoms with Crippen molar-refractivity contribution in [2.45, 2.75) is 24.8 Å². The molecule has 0 aliphatic heterocycles. The normalized spacial score (nSPS) is 12.8. The van der Waals surface area contributed by atoms with E-state index in [1.807, 2.05) is 6.92 Å². The zero-order chi connectivity index (χ0) is 14.6. The second-order valence-electron chi connectivity index (χ2n) is 4.30.